The number of amides is 1. The van der Waals surface area contributed by atoms with Gasteiger partial charge in [0.15, 0.2) is 11.5 Å². The molecule has 2 aromatic carbocycles. The van der Waals surface area contributed by atoms with Gasteiger partial charge in [-0.15, -0.1) is 0 Å². The molecule has 34 heavy (non-hydrogen) atoms. The molecule has 1 aliphatic rings. The van der Waals surface area contributed by atoms with Gasteiger partial charge in [-0.2, -0.15) is 0 Å². The molecule has 4 aromatic rings. The highest BCUT2D eigenvalue weighted by atomic mass is 16.5. The van der Waals surface area contributed by atoms with Crippen molar-refractivity contribution in [1.82, 2.24) is 14.9 Å². The van der Waals surface area contributed by atoms with Crippen molar-refractivity contribution in [2.24, 2.45) is 5.92 Å². The molecular formula is C28H27N3O3. The maximum absolute atomic E-state index is 13.2. The van der Waals surface area contributed by atoms with E-state index in [4.69, 9.17) is 9.47 Å². The zero-order valence-corrected chi connectivity index (χ0v) is 19.2. The van der Waals surface area contributed by atoms with E-state index in [1.54, 1.807) is 25.4 Å². The van der Waals surface area contributed by atoms with Crippen LogP contribution in [-0.4, -0.2) is 41.0 Å². The van der Waals surface area contributed by atoms with E-state index >= 15 is 0 Å². The Morgan fingerprint density at radius 3 is 2.76 bits per heavy atom. The van der Waals surface area contributed by atoms with Crippen molar-refractivity contribution >= 4 is 16.8 Å². The number of fused-ring (bicyclic) bond motifs is 1. The number of pyridine rings is 2. The number of rotatable bonds is 7. The fourth-order valence-electron chi connectivity index (χ4n) is 4.58. The molecule has 1 fully saturated rings. The van der Waals surface area contributed by atoms with Crippen molar-refractivity contribution in [3.8, 4) is 11.5 Å². The Bertz CT molecular complexity index is 1290. The van der Waals surface area contributed by atoms with Crippen LogP contribution < -0.4 is 9.47 Å². The number of hydrogen-bond acceptors (Lipinski definition) is 5. The second kappa shape index (κ2) is 9.91. The lowest BCUT2D eigenvalue weighted by Gasteiger charge is -2.18. The summed E-state index contributed by atoms with van der Waals surface area (Å²) in [6.07, 6.45) is 5.49. The first-order valence-electron chi connectivity index (χ1n) is 11.5. The van der Waals surface area contributed by atoms with E-state index in [9.17, 15) is 4.79 Å². The van der Waals surface area contributed by atoms with Gasteiger partial charge in [-0.3, -0.25) is 14.8 Å². The third kappa shape index (κ3) is 4.71. The summed E-state index contributed by atoms with van der Waals surface area (Å²) in [5.41, 5.74) is 3.75. The van der Waals surface area contributed by atoms with Crippen LogP contribution in [0.25, 0.3) is 10.9 Å². The number of nitrogens with zero attached hydrogens (tertiary/aromatic N) is 3. The molecule has 6 heteroatoms. The number of carbonyl (C=O) groups excluding carboxylic acids is 1. The molecule has 172 valence electrons. The quantitative estimate of drug-likeness (QED) is 0.397. The molecule has 0 saturated carbocycles. The van der Waals surface area contributed by atoms with Crippen LogP contribution in [0.5, 0.6) is 11.5 Å². The van der Waals surface area contributed by atoms with Crippen molar-refractivity contribution in [2.45, 2.75) is 19.4 Å². The molecule has 1 aliphatic heterocycles. The number of benzene rings is 2. The Kier molecular flexibility index (Phi) is 6.38. The lowest BCUT2D eigenvalue weighted by molar-refractivity contribution is 0.0786. The van der Waals surface area contributed by atoms with E-state index in [-0.39, 0.29) is 5.91 Å². The molecule has 1 atom stereocenters. The van der Waals surface area contributed by atoms with Crippen LogP contribution in [0.2, 0.25) is 0 Å². The summed E-state index contributed by atoms with van der Waals surface area (Å²) in [7, 11) is 1.59. The van der Waals surface area contributed by atoms with E-state index in [0.29, 0.717) is 29.6 Å². The maximum atomic E-state index is 13.2. The fraction of sp³-hybridized carbons (Fsp3) is 0.250. The summed E-state index contributed by atoms with van der Waals surface area (Å²) in [4.78, 5) is 23.9. The Labute approximate surface area is 199 Å². The highest BCUT2D eigenvalue weighted by Crippen LogP contribution is 2.31. The highest BCUT2D eigenvalue weighted by Gasteiger charge is 2.28. The van der Waals surface area contributed by atoms with Crippen LogP contribution in [-0.2, 0) is 13.0 Å². The summed E-state index contributed by atoms with van der Waals surface area (Å²) in [6.45, 7) is 1.84. The van der Waals surface area contributed by atoms with Crippen molar-refractivity contribution < 1.29 is 14.3 Å². The largest absolute Gasteiger partial charge is 0.493 e. The summed E-state index contributed by atoms with van der Waals surface area (Å²) in [6, 6.07) is 21.4. The van der Waals surface area contributed by atoms with Gasteiger partial charge in [-0.05, 0) is 66.8 Å². The highest BCUT2D eigenvalue weighted by molar-refractivity contribution is 5.95. The Morgan fingerprint density at radius 1 is 1.00 bits per heavy atom. The first-order valence-corrected chi connectivity index (χ1v) is 11.5. The average Bonchev–Trinajstić information content (AvgIpc) is 3.36. The second-order valence-corrected chi connectivity index (χ2v) is 8.57. The smallest absolute Gasteiger partial charge is 0.254 e. The molecule has 1 amide bonds. The predicted molar refractivity (Wildman–Crippen MR) is 131 cm³/mol. The average molecular weight is 454 g/mol. The minimum absolute atomic E-state index is 0.0247. The predicted octanol–water partition coefficient (Wildman–Crippen LogP) is 4.92. The second-order valence-electron chi connectivity index (χ2n) is 8.57. The molecule has 6 nitrogen and oxygen atoms in total. The third-order valence-corrected chi connectivity index (χ3v) is 6.33. The zero-order valence-electron chi connectivity index (χ0n) is 19.2. The van der Waals surface area contributed by atoms with Gasteiger partial charge in [0.05, 0.1) is 18.3 Å². The molecule has 0 N–H and O–H groups in total. The van der Waals surface area contributed by atoms with Crippen LogP contribution in [0.4, 0.5) is 0 Å². The topological polar surface area (TPSA) is 64.5 Å². The van der Waals surface area contributed by atoms with Gasteiger partial charge in [0.2, 0.25) is 0 Å². The number of hydrogen-bond donors (Lipinski definition) is 0. The molecule has 0 spiro atoms. The molecule has 1 saturated heterocycles. The van der Waals surface area contributed by atoms with Gasteiger partial charge in [0.1, 0.15) is 6.61 Å². The van der Waals surface area contributed by atoms with E-state index in [2.05, 4.69) is 28.2 Å². The van der Waals surface area contributed by atoms with E-state index < -0.39 is 0 Å². The minimum atomic E-state index is 0.0247. The Morgan fingerprint density at radius 2 is 1.91 bits per heavy atom. The Hall–Kier alpha value is -3.93. The van der Waals surface area contributed by atoms with Crippen molar-refractivity contribution in [2.75, 3.05) is 20.2 Å². The van der Waals surface area contributed by atoms with Crippen LogP contribution in [0.3, 0.4) is 0 Å². The molecule has 2 aromatic heterocycles. The number of ether oxygens (including phenoxy) is 2. The van der Waals surface area contributed by atoms with Gasteiger partial charge in [0, 0.05) is 36.4 Å². The lowest BCUT2D eigenvalue weighted by Crippen LogP contribution is -2.29. The van der Waals surface area contributed by atoms with Gasteiger partial charge < -0.3 is 14.4 Å². The van der Waals surface area contributed by atoms with Crippen molar-refractivity contribution in [1.29, 1.82) is 0 Å². The lowest BCUT2D eigenvalue weighted by atomic mass is 9.96. The van der Waals surface area contributed by atoms with Gasteiger partial charge in [0.25, 0.3) is 5.91 Å². The van der Waals surface area contributed by atoms with E-state index in [0.717, 1.165) is 37.1 Å². The first kappa shape index (κ1) is 21.9. The monoisotopic (exact) mass is 453 g/mol. The number of methoxy groups -OCH3 is 1. The van der Waals surface area contributed by atoms with Crippen molar-refractivity contribution in [3.05, 3.63) is 95.9 Å². The molecule has 0 aliphatic carbocycles. The number of aromatic nitrogens is 2. The van der Waals surface area contributed by atoms with Crippen LogP contribution >= 0.6 is 0 Å². The normalized spacial score (nSPS) is 15.4. The number of likely N-dealkylation sites (tertiary alicyclic amines) is 1. The summed E-state index contributed by atoms with van der Waals surface area (Å²) in [5, 5.41) is 1.20. The Balaban J connectivity index is 1.24. The molecular weight excluding hydrogens is 426 g/mol. The van der Waals surface area contributed by atoms with Gasteiger partial charge >= 0.3 is 0 Å². The van der Waals surface area contributed by atoms with Crippen LogP contribution in [0, 0.1) is 5.92 Å². The fourth-order valence-corrected chi connectivity index (χ4v) is 4.58. The standard InChI is InChI=1S/C28H27N3O3/c1-33-27-17-22(10-11-26(27)34-19-23-7-2-3-13-29-23)28(32)31-15-12-20(18-31)16-21-6-4-9-25-24(21)8-5-14-30-25/h2-11,13-14,17,20H,12,15-16,18-19H2,1H3. The zero-order chi connectivity index (χ0) is 23.3. The minimum Gasteiger partial charge on any atom is -0.493 e. The molecule has 3 heterocycles. The third-order valence-electron chi connectivity index (χ3n) is 6.33. The van der Waals surface area contributed by atoms with Crippen molar-refractivity contribution in [3.63, 3.8) is 0 Å². The van der Waals surface area contributed by atoms with E-state index in [1.165, 1.54) is 10.9 Å². The van der Waals surface area contributed by atoms with Gasteiger partial charge in [-0.1, -0.05) is 24.3 Å². The number of carbonyl (C=O) groups is 1. The molecule has 0 radical (unpaired) electrons. The SMILES string of the molecule is COc1cc(C(=O)N2CCC(Cc3cccc4ncccc34)C2)ccc1OCc1ccccn1. The van der Waals surface area contributed by atoms with Crippen LogP contribution in [0.15, 0.2) is 79.1 Å². The first-order chi connectivity index (χ1) is 16.7. The molecule has 5 rings (SSSR count). The van der Waals surface area contributed by atoms with E-state index in [1.807, 2.05) is 47.5 Å². The van der Waals surface area contributed by atoms with Gasteiger partial charge in [-0.25, -0.2) is 0 Å². The molecule has 1 unspecified atom stereocenters. The molecule has 0 bridgehead atoms. The summed E-state index contributed by atoms with van der Waals surface area (Å²) in [5.74, 6) is 1.59. The van der Waals surface area contributed by atoms with Crippen LogP contribution in [0.1, 0.15) is 28.0 Å². The summed E-state index contributed by atoms with van der Waals surface area (Å²) >= 11 is 0. The summed E-state index contributed by atoms with van der Waals surface area (Å²) < 4.78 is 11.4. The maximum Gasteiger partial charge on any atom is 0.254 e.